The van der Waals surface area contributed by atoms with E-state index in [4.69, 9.17) is 4.74 Å². The maximum atomic E-state index is 11.2. The monoisotopic (exact) mass is 768 g/mol. The van der Waals surface area contributed by atoms with Gasteiger partial charge in [-0.05, 0) is 50.4 Å². The lowest BCUT2D eigenvalue weighted by Gasteiger charge is -2.10. The van der Waals surface area contributed by atoms with Crippen LogP contribution >= 0.6 is 15.9 Å². The third-order valence-electron chi connectivity index (χ3n) is 7.93. The summed E-state index contributed by atoms with van der Waals surface area (Å²) in [5.74, 6) is 0.592. The fourth-order valence-corrected chi connectivity index (χ4v) is 4.98. The molecule has 0 aromatic carbocycles. The van der Waals surface area contributed by atoms with Gasteiger partial charge in [-0.3, -0.25) is 28.8 Å². The van der Waals surface area contributed by atoms with Crippen LogP contribution in [0.15, 0.2) is 0 Å². The van der Waals surface area contributed by atoms with Gasteiger partial charge in [-0.1, -0.05) is 103 Å². The third kappa shape index (κ3) is 43.8. The van der Waals surface area contributed by atoms with Crippen LogP contribution in [0, 0.1) is 17.8 Å². The number of Topliss-reactive ketones (excluding diaryl/α,β-unsaturated/α-hetero) is 3. The number of carbonyl (C=O) groups excluding carboxylic acids is 6. The van der Waals surface area contributed by atoms with Gasteiger partial charge < -0.3 is 18.9 Å². The lowest BCUT2D eigenvalue weighted by atomic mass is 9.96. The molecule has 0 unspecified atom stereocenters. The Morgan fingerprint density at radius 2 is 0.878 bits per heavy atom. The topological polar surface area (TPSA) is 139 Å². The first kappa shape index (κ1) is 56.2. The van der Waals surface area contributed by atoms with Gasteiger partial charge >= 0.3 is 17.9 Å². The molecule has 0 amide bonds. The van der Waals surface area contributed by atoms with E-state index in [2.05, 4.69) is 71.7 Å². The third-order valence-corrected chi connectivity index (χ3v) is 8.85. The Labute approximate surface area is 308 Å². The molecule has 0 aliphatic carbocycles. The molecule has 49 heavy (non-hydrogen) atoms. The van der Waals surface area contributed by atoms with Gasteiger partial charge in [-0.15, -0.1) is 0 Å². The molecule has 0 spiro atoms. The van der Waals surface area contributed by atoms with Crippen molar-refractivity contribution in [2.24, 2.45) is 17.8 Å². The van der Waals surface area contributed by atoms with Crippen LogP contribution in [0.1, 0.15) is 152 Å². The van der Waals surface area contributed by atoms with Gasteiger partial charge in [-0.25, -0.2) is 0 Å². The zero-order valence-electron chi connectivity index (χ0n) is 31.9. The Kier molecular flexibility index (Phi) is 48.2. The Morgan fingerprint density at radius 1 is 0.571 bits per heavy atom. The fraction of sp³-hybridized carbons (Fsp3) is 0.842. The zero-order valence-corrected chi connectivity index (χ0v) is 33.5. The van der Waals surface area contributed by atoms with Crippen molar-refractivity contribution < 1.29 is 47.7 Å². The summed E-state index contributed by atoms with van der Waals surface area (Å²) in [5, 5.41) is 1.17. The average molecular weight is 770 g/mol. The van der Waals surface area contributed by atoms with Gasteiger partial charge in [0, 0.05) is 31.4 Å². The minimum absolute atomic E-state index is 0. The van der Waals surface area contributed by atoms with Gasteiger partial charge in [0.05, 0.1) is 21.3 Å². The van der Waals surface area contributed by atoms with E-state index in [0.29, 0.717) is 24.7 Å². The van der Waals surface area contributed by atoms with Crippen LogP contribution in [-0.2, 0) is 47.7 Å². The minimum Gasteiger partial charge on any atom is -0.469 e. The molecule has 10 nitrogen and oxygen atoms in total. The van der Waals surface area contributed by atoms with Gasteiger partial charge in [0.1, 0.15) is 36.6 Å². The van der Waals surface area contributed by atoms with Crippen LogP contribution in [-0.4, -0.2) is 75.1 Å². The molecule has 0 aromatic rings. The molecule has 1 heterocycles. The second-order valence-electron chi connectivity index (χ2n) is 11.6. The standard InChI is InChI=1S/2C11H20O3.C6H13Br.C5H8O3.C4H8O.CH4/c2*1-4-9(5-2)6-7-10(12)8-11(13)14-3;1-3-6(4-2)5-7;1-4(6)3-5(7)8-2;1-2-4-5-3-1;/h2*9H,4-8H2,1-3H3;6H,3-5H2,1-2H3;3H2,1-2H3;1-4H2;1H4. The van der Waals surface area contributed by atoms with Crippen molar-refractivity contribution in [1.29, 1.82) is 0 Å². The molecule has 1 saturated heterocycles. The summed E-state index contributed by atoms with van der Waals surface area (Å²) in [5.41, 5.74) is 0. The van der Waals surface area contributed by atoms with Crippen molar-refractivity contribution in [2.45, 2.75) is 152 Å². The van der Waals surface area contributed by atoms with Gasteiger partial charge in [0.15, 0.2) is 0 Å². The molecule has 1 aliphatic rings. The Hall–Kier alpha value is -2.14. The summed E-state index contributed by atoms with van der Waals surface area (Å²) in [6, 6.07) is 0. The number of esters is 3. The van der Waals surface area contributed by atoms with Crippen molar-refractivity contribution in [3.8, 4) is 0 Å². The van der Waals surface area contributed by atoms with E-state index >= 15 is 0 Å². The van der Waals surface area contributed by atoms with Gasteiger partial charge in [0.25, 0.3) is 0 Å². The molecule has 1 fully saturated rings. The Balaban J connectivity index is -0.000000172. The molecule has 0 bridgehead atoms. The average Bonchev–Trinajstić information content (AvgIpc) is 3.67. The van der Waals surface area contributed by atoms with E-state index in [1.54, 1.807) is 0 Å². The largest absolute Gasteiger partial charge is 0.469 e. The maximum Gasteiger partial charge on any atom is 0.313 e. The van der Waals surface area contributed by atoms with Crippen LogP contribution in [0.4, 0.5) is 0 Å². The molecule has 292 valence electrons. The van der Waals surface area contributed by atoms with E-state index in [9.17, 15) is 28.8 Å². The molecular weight excluding hydrogens is 696 g/mol. The highest BCUT2D eigenvalue weighted by Gasteiger charge is 2.13. The van der Waals surface area contributed by atoms with E-state index < -0.39 is 17.9 Å². The van der Waals surface area contributed by atoms with Crippen LogP contribution in [0.3, 0.4) is 0 Å². The quantitative estimate of drug-likeness (QED) is 0.0541. The summed E-state index contributed by atoms with van der Waals surface area (Å²) < 4.78 is 18.0. The molecule has 1 rings (SSSR count). The summed E-state index contributed by atoms with van der Waals surface area (Å²) in [6.45, 7) is 16.3. The molecule has 0 radical (unpaired) electrons. The van der Waals surface area contributed by atoms with Crippen LogP contribution < -0.4 is 0 Å². The Bertz CT molecular complexity index is 760. The second kappa shape index (κ2) is 42.0. The maximum absolute atomic E-state index is 11.2. The number of halogens is 1. The fourth-order valence-electron chi connectivity index (χ4n) is 4.06. The van der Waals surface area contributed by atoms with Gasteiger partial charge in [0.2, 0.25) is 0 Å². The van der Waals surface area contributed by atoms with E-state index in [1.807, 2.05) is 0 Å². The lowest BCUT2D eigenvalue weighted by molar-refractivity contribution is -0.144. The molecule has 0 N–H and O–H groups in total. The SMILES string of the molecule is C.C1CCOC1.CCC(CC)CBr.CCC(CC)CCC(=O)CC(=O)OC.CCC(CC)CCC(=O)CC(=O)OC.COC(=O)CC(C)=O. The summed E-state index contributed by atoms with van der Waals surface area (Å²) in [7, 11) is 3.86. The summed E-state index contributed by atoms with van der Waals surface area (Å²) in [4.78, 5) is 64.3. The number of ether oxygens (including phenoxy) is 4. The predicted molar refractivity (Wildman–Crippen MR) is 202 cm³/mol. The number of rotatable bonds is 19. The number of hydrogen-bond donors (Lipinski definition) is 0. The van der Waals surface area contributed by atoms with Crippen molar-refractivity contribution in [1.82, 2.24) is 0 Å². The van der Waals surface area contributed by atoms with Crippen LogP contribution in [0.25, 0.3) is 0 Å². The minimum atomic E-state index is -0.475. The first-order valence-electron chi connectivity index (χ1n) is 17.7. The van der Waals surface area contributed by atoms with Crippen molar-refractivity contribution in [3.63, 3.8) is 0 Å². The van der Waals surface area contributed by atoms with E-state index in [-0.39, 0.29) is 44.0 Å². The van der Waals surface area contributed by atoms with E-state index in [0.717, 1.165) is 57.7 Å². The summed E-state index contributed by atoms with van der Waals surface area (Å²) in [6.07, 6.45) is 12.1. The van der Waals surface area contributed by atoms with Crippen molar-refractivity contribution in [3.05, 3.63) is 0 Å². The first-order valence-corrected chi connectivity index (χ1v) is 18.8. The van der Waals surface area contributed by atoms with Crippen LogP contribution in [0.2, 0.25) is 0 Å². The molecule has 0 saturated carbocycles. The second-order valence-corrected chi connectivity index (χ2v) is 12.3. The smallest absolute Gasteiger partial charge is 0.313 e. The lowest BCUT2D eigenvalue weighted by Crippen LogP contribution is -2.10. The number of ketones is 3. The zero-order chi connectivity index (χ0) is 37.8. The highest BCUT2D eigenvalue weighted by molar-refractivity contribution is 9.09. The first-order chi connectivity index (χ1) is 22.8. The predicted octanol–water partition coefficient (Wildman–Crippen LogP) is 9.06. The molecule has 0 aromatic heterocycles. The molecular formula is C38H73BrO10. The number of alkyl halides is 1. The Morgan fingerprint density at radius 3 is 1.04 bits per heavy atom. The summed E-state index contributed by atoms with van der Waals surface area (Å²) >= 11 is 3.44. The number of hydrogen-bond acceptors (Lipinski definition) is 10. The highest BCUT2D eigenvalue weighted by atomic mass is 79.9. The highest BCUT2D eigenvalue weighted by Crippen LogP contribution is 2.16. The molecule has 0 atom stereocenters. The molecule has 1 aliphatic heterocycles. The normalized spacial score (nSPS) is 11.1. The van der Waals surface area contributed by atoms with Gasteiger partial charge in [-0.2, -0.15) is 0 Å². The van der Waals surface area contributed by atoms with E-state index in [1.165, 1.54) is 59.3 Å². The molecule has 11 heteroatoms. The van der Waals surface area contributed by atoms with Crippen molar-refractivity contribution >= 4 is 51.2 Å². The number of carbonyl (C=O) groups is 6. The van der Waals surface area contributed by atoms with Crippen LogP contribution in [0.5, 0.6) is 0 Å². The number of methoxy groups -OCH3 is 3. The van der Waals surface area contributed by atoms with Crippen molar-refractivity contribution in [2.75, 3.05) is 39.9 Å².